The van der Waals surface area contributed by atoms with Gasteiger partial charge in [0.2, 0.25) is 0 Å². The molecule has 0 aromatic rings. The molecule has 0 heterocycles. The van der Waals surface area contributed by atoms with Crippen LogP contribution in [0.5, 0.6) is 0 Å². The van der Waals surface area contributed by atoms with Crippen LogP contribution in [0.1, 0.15) is 127 Å². The van der Waals surface area contributed by atoms with Crippen LogP contribution in [0.4, 0.5) is 8.78 Å². The average Bonchev–Trinajstić information content (AvgIpc) is 2.76. The molecule has 0 saturated heterocycles. The van der Waals surface area contributed by atoms with Gasteiger partial charge in [-0.25, -0.2) is 8.78 Å². The van der Waals surface area contributed by atoms with Crippen LogP contribution in [0.25, 0.3) is 0 Å². The van der Waals surface area contributed by atoms with Gasteiger partial charge < -0.3 is 0 Å². The SMILES string of the molecule is C=C(CC(F)C(C)C)C(C)CCC(C)C(C)C(F)CCC(C)CCC(C)C(C)CCC(C)C. The molecule has 8 atom stereocenters. The second-order valence-corrected chi connectivity index (χ2v) is 12.6. The van der Waals surface area contributed by atoms with Crippen molar-refractivity contribution in [2.45, 2.75) is 139 Å². The molecule has 0 rings (SSSR count). The molecular weight excluding hydrogens is 410 g/mol. The smallest absolute Gasteiger partial charge is 0.106 e. The molecule has 198 valence electrons. The fraction of sp³-hybridized carbons (Fsp3) is 0.935. The van der Waals surface area contributed by atoms with E-state index >= 15 is 0 Å². The van der Waals surface area contributed by atoms with Gasteiger partial charge in [-0.2, -0.15) is 0 Å². The summed E-state index contributed by atoms with van der Waals surface area (Å²) in [7, 11) is 0. The van der Waals surface area contributed by atoms with E-state index in [1.165, 1.54) is 25.7 Å². The normalized spacial score (nSPS) is 19.7. The highest BCUT2D eigenvalue weighted by molar-refractivity contribution is 5.01. The Hall–Kier alpha value is -0.400. The molecule has 33 heavy (non-hydrogen) atoms. The second kappa shape index (κ2) is 17.1. The lowest BCUT2D eigenvalue weighted by molar-refractivity contribution is 0.157. The van der Waals surface area contributed by atoms with Crippen molar-refractivity contribution in [2.24, 2.45) is 47.3 Å². The Morgan fingerprint density at radius 3 is 1.58 bits per heavy atom. The Kier molecular flexibility index (Phi) is 16.9. The maximum atomic E-state index is 15.0. The highest BCUT2D eigenvalue weighted by Crippen LogP contribution is 2.31. The molecule has 0 aliphatic heterocycles. The first-order valence-electron chi connectivity index (χ1n) is 14.2. The van der Waals surface area contributed by atoms with Crippen molar-refractivity contribution in [1.29, 1.82) is 0 Å². The summed E-state index contributed by atoms with van der Waals surface area (Å²) >= 11 is 0. The van der Waals surface area contributed by atoms with Gasteiger partial charge in [0.1, 0.15) is 12.3 Å². The van der Waals surface area contributed by atoms with Crippen LogP contribution in [0.3, 0.4) is 0 Å². The number of hydrogen-bond acceptors (Lipinski definition) is 0. The van der Waals surface area contributed by atoms with E-state index in [1.807, 2.05) is 13.8 Å². The standard InChI is InChI=1S/C31H60F2/c1-21(2)12-15-24(6)25(7)16-13-23(5)14-19-30(32)29(11)27(9)18-17-26(8)28(10)20-31(33)22(3)4/h21-27,29-31H,10,12-20H2,1-9,11H3. The minimum absolute atomic E-state index is 0.0408. The zero-order valence-electron chi connectivity index (χ0n) is 24.1. The second-order valence-electron chi connectivity index (χ2n) is 12.6. The third kappa shape index (κ3) is 14.6. The number of allylic oxidation sites excluding steroid dienone is 1. The van der Waals surface area contributed by atoms with Gasteiger partial charge in [0.25, 0.3) is 0 Å². The lowest BCUT2D eigenvalue weighted by atomic mass is 9.81. The molecule has 0 fully saturated rings. The van der Waals surface area contributed by atoms with Gasteiger partial charge in [0.05, 0.1) is 0 Å². The molecule has 2 heteroatoms. The first kappa shape index (κ1) is 32.6. The predicted octanol–water partition coefficient (Wildman–Crippen LogP) is 10.9. The molecule has 8 unspecified atom stereocenters. The number of rotatable bonds is 19. The van der Waals surface area contributed by atoms with E-state index in [0.29, 0.717) is 30.6 Å². The van der Waals surface area contributed by atoms with Gasteiger partial charge in [-0.15, -0.1) is 0 Å². The molecule has 0 N–H and O–H groups in total. The number of halogens is 2. The molecule has 0 aromatic heterocycles. The van der Waals surface area contributed by atoms with Gasteiger partial charge in [-0.1, -0.05) is 107 Å². The maximum Gasteiger partial charge on any atom is 0.106 e. The van der Waals surface area contributed by atoms with Crippen LogP contribution in [-0.2, 0) is 0 Å². The highest BCUT2D eigenvalue weighted by Gasteiger charge is 2.24. The van der Waals surface area contributed by atoms with Crippen molar-refractivity contribution < 1.29 is 8.78 Å². The van der Waals surface area contributed by atoms with Crippen molar-refractivity contribution in [2.75, 3.05) is 0 Å². The van der Waals surface area contributed by atoms with Crippen LogP contribution in [0, 0.1) is 47.3 Å². The third-order valence-corrected chi connectivity index (χ3v) is 8.62. The lowest BCUT2D eigenvalue weighted by Gasteiger charge is -2.27. The van der Waals surface area contributed by atoms with E-state index in [4.69, 9.17) is 0 Å². The monoisotopic (exact) mass is 470 g/mol. The van der Waals surface area contributed by atoms with Crippen molar-refractivity contribution in [3.8, 4) is 0 Å². The van der Waals surface area contributed by atoms with E-state index < -0.39 is 12.3 Å². The molecule has 0 nitrogen and oxygen atoms in total. The van der Waals surface area contributed by atoms with E-state index in [2.05, 4.69) is 62.0 Å². The summed E-state index contributed by atoms with van der Waals surface area (Å²) in [6.07, 6.45) is 7.70. The number of hydrogen-bond donors (Lipinski definition) is 0. The Bertz CT molecular complexity index is 497. The Balaban J connectivity index is 4.25. The van der Waals surface area contributed by atoms with Crippen molar-refractivity contribution in [3.63, 3.8) is 0 Å². The summed E-state index contributed by atoms with van der Waals surface area (Å²) in [6, 6.07) is 0. The van der Waals surface area contributed by atoms with Crippen LogP contribution in [0.15, 0.2) is 12.2 Å². The van der Waals surface area contributed by atoms with Crippen molar-refractivity contribution in [3.05, 3.63) is 12.2 Å². The summed E-state index contributed by atoms with van der Waals surface area (Å²) in [4.78, 5) is 0. The molecule has 0 aliphatic carbocycles. The maximum absolute atomic E-state index is 15.0. The predicted molar refractivity (Wildman–Crippen MR) is 145 cm³/mol. The summed E-state index contributed by atoms with van der Waals surface area (Å²) < 4.78 is 29.0. The molecule has 0 aromatic carbocycles. The topological polar surface area (TPSA) is 0 Å². The van der Waals surface area contributed by atoms with Crippen molar-refractivity contribution in [1.82, 2.24) is 0 Å². The third-order valence-electron chi connectivity index (χ3n) is 8.62. The number of alkyl halides is 2. The summed E-state index contributed by atoms with van der Waals surface area (Å²) in [6.45, 7) is 26.1. The van der Waals surface area contributed by atoms with E-state index in [-0.39, 0.29) is 11.8 Å². The Labute approximate surface area is 207 Å². The zero-order valence-corrected chi connectivity index (χ0v) is 24.1. The van der Waals surface area contributed by atoms with E-state index in [0.717, 1.165) is 42.6 Å². The van der Waals surface area contributed by atoms with Crippen LogP contribution in [0.2, 0.25) is 0 Å². The van der Waals surface area contributed by atoms with E-state index in [1.54, 1.807) is 0 Å². The molecule has 0 aliphatic rings. The van der Waals surface area contributed by atoms with Gasteiger partial charge >= 0.3 is 0 Å². The van der Waals surface area contributed by atoms with Gasteiger partial charge in [-0.3, -0.25) is 0 Å². The molecule has 0 spiro atoms. The van der Waals surface area contributed by atoms with Gasteiger partial charge in [-0.05, 0) is 79.4 Å². The fourth-order valence-corrected chi connectivity index (χ4v) is 4.59. The van der Waals surface area contributed by atoms with Crippen LogP contribution >= 0.6 is 0 Å². The highest BCUT2D eigenvalue weighted by atomic mass is 19.1. The van der Waals surface area contributed by atoms with Crippen molar-refractivity contribution >= 4 is 0 Å². The average molecular weight is 471 g/mol. The first-order valence-corrected chi connectivity index (χ1v) is 14.2. The van der Waals surface area contributed by atoms with Gasteiger partial charge in [0.15, 0.2) is 0 Å². The summed E-state index contributed by atoms with van der Waals surface area (Å²) in [5.41, 5.74) is 1.01. The Morgan fingerprint density at radius 1 is 0.576 bits per heavy atom. The molecule has 0 saturated carbocycles. The zero-order chi connectivity index (χ0) is 25.7. The lowest BCUT2D eigenvalue weighted by Crippen LogP contribution is -2.22. The van der Waals surface area contributed by atoms with Gasteiger partial charge in [0, 0.05) is 0 Å². The molecule has 0 amide bonds. The first-order chi connectivity index (χ1) is 15.3. The summed E-state index contributed by atoms with van der Waals surface area (Å²) in [5.74, 6) is 3.71. The summed E-state index contributed by atoms with van der Waals surface area (Å²) in [5, 5.41) is 0. The fourth-order valence-electron chi connectivity index (χ4n) is 4.59. The van der Waals surface area contributed by atoms with E-state index in [9.17, 15) is 8.78 Å². The minimum Gasteiger partial charge on any atom is -0.247 e. The van der Waals surface area contributed by atoms with Crippen LogP contribution in [-0.4, -0.2) is 12.3 Å². The quantitative estimate of drug-likeness (QED) is 0.165. The van der Waals surface area contributed by atoms with Crippen LogP contribution < -0.4 is 0 Å². The molecule has 0 radical (unpaired) electrons. The molecule has 0 bridgehead atoms. The Morgan fingerprint density at radius 2 is 1.06 bits per heavy atom. The molecular formula is C31H60F2. The largest absolute Gasteiger partial charge is 0.247 e. The minimum atomic E-state index is -0.806.